The number of fused-ring (bicyclic) bond motifs is 1. The maximum absolute atomic E-state index is 11.9. The molecule has 1 unspecified atom stereocenters. The molecule has 1 aliphatic heterocycles. The number of nitrogens with two attached hydrogens (primary N) is 1. The molecule has 0 aromatic heterocycles. The van der Waals surface area contributed by atoms with Crippen LogP contribution in [-0.4, -0.2) is 38.1 Å². The number of carbonyl (C=O) groups is 2. The third-order valence-corrected chi connectivity index (χ3v) is 3.34. The average molecular weight is 344 g/mol. The lowest BCUT2D eigenvalue weighted by Gasteiger charge is -2.22. The number of rotatable bonds is 6. The van der Waals surface area contributed by atoms with Crippen LogP contribution in [0.5, 0.6) is 11.5 Å². The SMILES string of the molecule is CCC(NC(=O)CNC(=O)CN)c1ccc2c(c1)OCCO2.Cl. The number of hydrogen-bond acceptors (Lipinski definition) is 5. The lowest BCUT2D eigenvalue weighted by atomic mass is 10.0. The molecule has 23 heavy (non-hydrogen) atoms. The van der Waals surface area contributed by atoms with Gasteiger partial charge in [-0.2, -0.15) is 0 Å². The summed E-state index contributed by atoms with van der Waals surface area (Å²) >= 11 is 0. The van der Waals surface area contributed by atoms with E-state index in [4.69, 9.17) is 15.2 Å². The van der Waals surface area contributed by atoms with Gasteiger partial charge < -0.3 is 25.8 Å². The average Bonchev–Trinajstić information content (AvgIpc) is 2.57. The van der Waals surface area contributed by atoms with E-state index in [0.717, 1.165) is 12.0 Å². The third kappa shape index (κ3) is 5.30. The van der Waals surface area contributed by atoms with Gasteiger partial charge in [-0.3, -0.25) is 9.59 Å². The van der Waals surface area contributed by atoms with E-state index in [1.165, 1.54) is 0 Å². The van der Waals surface area contributed by atoms with Gasteiger partial charge in [0.2, 0.25) is 11.8 Å². The van der Waals surface area contributed by atoms with Crippen molar-refractivity contribution in [3.05, 3.63) is 23.8 Å². The Kier molecular flexibility index (Phi) is 7.64. The quantitative estimate of drug-likeness (QED) is 0.699. The highest BCUT2D eigenvalue weighted by Crippen LogP contribution is 2.33. The monoisotopic (exact) mass is 343 g/mol. The fourth-order valence-corrected chi connectivity index (χ4v) is 2.19. The largest absolute Gasteiger partial charge is 0.486 e. The van der Waals surface area contributed by atoms with E-state index in [1.54, 1.807) is 0 Å². The van der Waals surface area contributed by atoms with Gasteiger partial charge in [0, 0.05) is 0 Å². The van der Waals surface area contributed by atoms with Crippen LogP contribution in [0.1, 0.15) is 24.9 Å². The van der Waals surface area contributed by atoms with Crippen molar-refractivity contribution in [2.24, 2.45) is 5.73 Å². The van der Waals surface area contributed by atoms with Crippen molar-refractivity contribution in [3.63, 3.8) is 0 Å². The number of nitrogens with one attached hydrogen (secondary N) is 2. The minimum absolute atomic E-state index is 0. The van der Waals surface area contributed by atoms with Crippen molar-refractivity contribution < 1.29 is 19.1 Å². The molecule has 0 aliphatic carbocycles. The molecule has 128 valence electrons. The third-order valence-electron chi connectivity index (χ3n) is 3.34. The highest BCUT2D eigenvalue weighted by molar-refractivity contribution is 5.86. The molecular formula is C15H22ClN3O4. The van der Waals surface area contributed by atoms with Crippen molar-refractivity contribution in [1.29, 1.82) is 0 Å². The van der Waals surface area contributed by atoms with E-state index in [2.05, 4.69) is 10.6 Å². The molecule has 0 saturated heterocycles. The van der Waals surface area contributed by atoms with Gasteiger partial charge in [-0.15, -0.1) is 12.4 Å². The summed E-state index contributed by atoms with van der Waals surface area (Å²) in [5, 5.41) is 5.32. The number of amides is 2. The Bertz CT molecular complexity index is 554. The summed E-state index contributed by atoms with van der Waals surface area (Å²) < 4.78 is 11.0. The smallest absolute Gasteiger partial charge is 0.239 e. The lowest BCUT2D eigenvalue weighted by molar-refractivity contribution is -0.125. The van der Waals surface area contributed by atoms with Crippen LogP contribution < -0.4 is 25.8 Å². The van der Waals surface area contributed by atoms with Gasteiger partial charge in [0.15, 0.2) is 11.5 Å². The molecule has 0 fully saturated rings. The Balaban J connectivity index is 0.00000264. The Morgan fingerprint density at radius 1 is 1.22 bits per heavy atom. The lowest BCUT2D eigenvalue weighted by Crippen LogP contribution is -2.40. The molecule has 1 heterocycles. The summed E-state index contributed by atoms with van der Waals surface area (Å²) in [6.07, 6.45) is 0.718. The molecule has 0 saturated carbocycles. The molecule has 0 bridgehead atoms. The van der Waals surface area contributed by atoms with E-state index < -0.39 is 0 Å². The Morgan fingerprint density at radius 3 is 2.57 bits per heavy atom. The summed E-state index contributed by atoms with van der Waals surface area (Å²) in [6.45, 7) is 2.82. The standard InChI is InChI=1S/C15H21N3O4.ClH/c1-2-11(18-15(20)9-17-14(19)8-16)10-3-4-12-13(7-10)22-6-5-21-12;/h3-4,7,11H,2,5-6,8-9,16H2,1H3,(H,17,19)(H,18,20);1H. The normalized spacial score (nSPS) is 13.5. The number of halogens is 1. The van der Waals surface area contributed by atoms with Gasteiger partial charge in [0.25, 0.3) is 0 Å². The van der Waals surface area contributed by atoms with Gasteiger partial charge in [0.1, 0.15) is 13.2 Å². The first-order valence-corrected chi connectivity index (χ1v) is 7.29. The van der Waals surface area contributed by atoms with Crippen molar-refractivity contribution in [2.75, 3.05) is 26.3 Å². The number of benzene rings is 1. The van der Waals surface area contributed by atoms with E-state index in [9.17, 15) is 9.59 Å². The summed E-state index contributed by atoms with van der Waals surface area (Å²) in [7, 11) is 0. The number of carbonyl (C=O) groups excluding carboxylic acids is 2. The van der Waals surface area contributed by atoms with Crippen molar-refractivity contribution in [1.82, 2.24) is 10.6 Å². The molecule has 1 aromatic rings. The van der Waals surface area contributed by atoms with Gasteiger partial charge in [0.05, 0.1) is 19.1 Å². The Hall–Kier alpha value is -1.99. The minimum Gasteiger partial charge on any atom is -0.486 e. The first-order valence-electron chi connectivity index (χ1n) is 7.29. The van der Waals surface area contributed by atoms with Crippen LogP contribution in [0, 0.1) is 0 Å². The summed E-state index contributed by atoms with van der Waals surface area (Å²) in [5.41, 5.74) is 6.11. The molecule has 2 amide bonds. The topological polar surface area (TPSA) is 103 Å². The number of hydrogen-bond donors (Lipinski definition) is 3. The van der Waals surface area contributed by atoms with E-state index >= 15 is 0 Å². The molecule has 8 heteroatoms. The molecule has 0 spiro atoms. The predicted octanol–water partition coefficient (Wildman–Crippen LogP) is 0.522. The first kappa shape index (κ1) is 19.1. The Labute approximate surface area is 141 Å². The van der Waals surface area contributed by atoms with Crippen LogP contribution >= 0.6 is 12.4 Å². The van der Waals surface area contributed by atoms with Crippen LogP contribution in [0.2, 0.25) is 0 Å². The second kappa shape index (κ2) is 9.22. The highest BCUT2D eigenvalue weighted by Gasteiger charge is 2.17. The minimum atomic E-state index is -0.359. The zero-order valence-corrected chi connectivity index (χ0v) is 13.8. The van der Waals surface area contributed by atoms with Crippen LogP contribution in [0.3, 0.4) is 0 Å². The predicted molar refractivity (Wildman–Crippen MR) is 87.9 cm³/mol. The van der Waals surface area contributed by atoms with Crippen molar-refractivity contribution >= 4 is 24.2 Å². The molecule has 1 atom stereocenters. The molecule has 4 N–H and O–H groups in total. The molecule has 2 rings (SSSR count). The molecule has 7 nitrogen and oxygen atoms in total. The molecule has 1 aromatic carbocycles. The van der Waals surface area contributed by atoms with Gasteiger partial charge in [-0.25, -0.2) is 0 Å². The molecule has 1 aliphatic rings. The van der Waals surface area contributed by atoms with E-state index in [0.29, 0.717) is 24.7 Å². The fraction of sp³-hybridized carbons (Fsp3) is 0.467. The zero-order valence-electron chi connectivity index (χ0n) is 13.0. The zero-order chi connectivity index (χ0) is 15.9. The fourth-order valence-electron chi connectivity index (χ4n) is 2.19. The summed E-state index contributed by atoms with van der Waals surface area (Å²) in [5.74, 6) is 0.783. The van der Waals surface area contributed by atoms with Gasteiger partial charge in [-0.1, -0.05) is 13.0 Å². The van der Waals surface area contributed by atoms with Crippen molar-refractivity contribution in [3.8, 4) is 11.5 Å². The molecular weight excluding hydrogens is 322 g/mol. The second-order valence-electron chi connectivity index (χ2n) is 4.91. The summed E-state index contributed by atoms with van der Waals surface area (Å²) in [4.78, 5) is 22.9. The van der Waals surface area contributed by atoms with Crippen molar-refractivity contribution in [2.45, 2.75) is 19.4 Å². The van der Waals surface area contributed by atoms with Crippen LogP contribution in [0.15, 0.2) is 18.2 Å². The maximum atomic E-state index is 11.9. The van der Waals surface area contributed by atoms with Gasteiger partial charge >= 0.3 is 0 Å². The van der Waals surface area contributed by atoms with E-state index in [1.807, 2.05) is 25.1 Å². The molecule has 0 radical (unpaired) electrons. The van der Waals surface area contributed by atoms with E-state index in [-0.39, 0.29) is 43.4 Å². The number of ether oxygens (including phenoxy) is 2. The van der Waals surface area contributed by atoms with Crippen LogP contribution in [-0.2, 0) is 9.59 Å². The highest BCUT2D eigenvalue weighted by atomic mass is 35.5. The summed E-state index contributed by atoms with van der Waals surface area (Å²) in [6, 6.07) is 5.47. The Morgan fingerprint density at radius 2 is 1.91 bits per heavy atom. The first-order chi connectivity index (χ1) is 10.6. The van der Waals surface area contributed by atoms with Crippen LogP contribution in [0.25, 0.3) is 0 Å². The maximum Gasteiger partial charge on any atom is 0.239 e. The van der Waals surface area contributed by atoms with Crippen LogP contribution in [0.4, 0.5) is 0 Å². The second-order valence-corrected chi connectivity index (χ2v) is 4.91. The van der Waals surface area contributed by atoms with Gasteiger partial charge in [-0.05, 0) is 24.1 Å².